The third kappa shape index (κ3) is 2.80. The Morgan fingerprint density at radius 1 is 1.65 bits per heavy atom. The Hall–Kier alpha value is -1.04. The van der Waals surface area contributed by atoms with Crippen molar-refractivity contribution in [2.75, 3.05) is 5.75 Å². The quantitative estimate of drug-likeness (QED) is 0.786. The lowest BCUT2D eigenvalue weighted by Crippen LogP contribution is -2.18. The SMILES string of the molecule is CC(C)C1(Cn2cnnc2SCC(=O)O)CC1. The second-order valence-electron chi connectivity index (χ2n) is 4.94. The van der Waals surface area contributed by atoms with E-state index in [-0.39, 0.29) is 5.75 Å². The molecule has 1 fully saturated rings. The molecule has 17 heavy (non-hydrogen) atoms. The Labute approximate surface area is 105 Å². The summed E-state index contributed by atoms with van der Waals surface area (Å²) in [5, 5.41) is 17.2. The van der Waals surface area contributed by atoms with Crippen LogP contribution in [0.15, 0.2) is 11.5 Å². The first-order chi connectivity index (χ1) is 8.03. The summed E-state index contributed by atoms with van der Waals surface area (Å²) in [6.07, 6.45) is 4.18. The summed E-state index contributed by atoms with van der Waals surface area (Å²) in [5.74, 6) is -0.148. The summed E-state index contributed by atoms with van der Waals surface area (Å²) in [7, 11) is 0. The molecule has 1 heterocycles. The third-order valence-corrected chi connectivity index (χ3v) is 4.47. The van der Waals surface area contributed by atoms with Gasteiger partial charge in [0.05, 0.1) is 5.75 Å². The van der Waals surface area contributed by atoms with Crippen LogP contribution in [0.5, 0.6) is 0 Å². The number of carboxylic acids is 1. The van der Waals surface area contributed by atoms with E-state index in [9.17, 15) is 4.79 Å². The molecule has 0 spiro atoms. The van der Waals surface area contributed by atoms with E-state index in [0.29, 0.717) is 16.5 Å². The van der Waals surface area contributed by atoms with E-state index in [0.717, 1.165) is 6.54 Å². The lowest BCUT2D eigenvalue weighted by molar-refractivity contribution is -0.133. The Morgan fingerprint density at radius 2 is 2.35 bits per heavy atom. The first kappa shape index (κ1) is 12.4. The van der Waals surface area contributed by atoms with Crippen LogP contribution in [0.25, 0.3) is 0 Å². The lowest BCUT2D eigenvalue weighted by atomic mass is 9.92. The zero-order chi connectivity index (χ0) is 12.5. The molecule has 94 valence electrons. The van der Waals surface area contributed by atoms with Crippen LogP contribution in [0.2, 0.25) is 0 Å². The van der Waals surface area contributed by atoms with Crippen LogP contribution in [0.3, 0.4) is 0 Å². The van der Waals surface area contributed by atoms with Gasteiger partial charge in [-0.1, -0.05) is 25.6 Å². The van der Waals surface area contributed by atoms with Gasteiger partial charge in [-0.25, -0.2) is 0 Å². The minimum Gasteiger partial charge on any atom is -0.481 e. The van der Waals surface area contributed by atoms with Gasteiger partial charge in [-0.2, -0.15) is 0 Å². The average molecular weight is 255 g/mol. The van der Waals surface area contributed by atoms with E-state index >= 15 is 0 Å². The maximum atomic E-state index is 10.5. The second-order valence-corrected chi connectivity index (χ2v) is 5.88. The van der Waals surface area contributed by atoms with Gasteiger partial charge < -0.3 is 9.67 Å². The first-order valence-corrected chi connectivity index (χ1v) is 6.74. The predicted octanol–water partition coefficient (Wildman–Crippen LogP) is 1.89. The van der Waals surface area contributed by atoms with Gasteiger partial charge in [0.15, 0.2) is 5.16 Å². The molecule has 0 unspecified atom stereocenters. The largest absolute Gasteiger partial charge is 0.481 e. The monoisotopic (exact) mass is 255 g/mol. The summed E-state index contributed by atoms with van der Waals surface area (Å²) >= 11 is 1.23. The van der Waals surface area contributed by atoms with Crippen LogP contribution in [0.4, 0.5) is 0 Å². The molecule has 1 aromatic heterocycles. The number of hydrogen-bond donors (Lipinski definition) is 1. The maximum absolute atomic E-state index is 10.5. The number of carboxylic acid groups (broad SMARTS) is 1. The summed E-state index contributed by atoms with van der Waals surface area (Å²) in [4.78, 5) is 10.5. The standard InChI is InChI=1S/C11H17N3O2S/c1-8(2)11(3-4-11)6-14-7-12-13-10(14)17-5-9(15)16/h7-8H,3-6H2,1-2H3,(H,15,16). The Bertz CT molecular complexity index is 413. The minimum atomic E-state index is -0.824. The van der Waals surface area contributed by atoms with Crippen LogP contribution in [0, 0.1) is 11.3 Å². The fourth-order valence-corrected chi connectivity index (χ4v) is 2.64. The molecular weight excluding hydrogens is 238 g/mol. The van der Waals surface area contributed by atoms with Gasteiger partial charge in [0.2, 0.25) is 0 Å². The molecule has 0 aliphatic heterocycles. The molecule has 1 aliphatic carbocycles. The normalized spacial score (nSPS) is 17.4. The van der Waals surface area contributed by atoms with Crippen molar-refractivity contribution < 1.29 is 9.90 Å². The number of thioether (sulfide) groups is 1. The van der Waals surface area contributed by atoms with Crippen molar-refractivity contribution in [1.82, 2.24) is 14.8 Å². The molecule has 1 saturated carbocycles. The van der Waals surface area contributed by atoms with Gasteiger partial charge in [-0.05, 0) is 24.2 Å². The van der Waals surface area contributed by atoms with Gasteiger partial charge in [0, 0.05) is 6.54 Å². The number of hydrogen-bond acceptors (Lipinski definition) is 4. The zero-order valence-corrected chi connectivity index (χ0v) is 10.9. The summed E-state index contributed by atoms with van der Waals surface area (Å²) in [6.45, 7) is 5.38. The van der Waals surface area contributed by atoms with E-state index < -0.39 is 5.97 Å². The van der Waals surface area contributed by atoms with E-state index in [1.165, 1.54) is 24.6 Å². The number of aliphatic carboxylic acids is 1. The third-order valence-electron chi connectivity index (χ3n) is 3.51. The molecule has 2 rings (SSSR count). The smallest absolute Gasteiger partial charge is 0.313 e. The molecule has 1 N–H and O–H groups in total. The minimum absolute atomic E-state index is 0.0351. The van der Waals surface area contributed by atoms with Crippen LogP contribution < -0.4 is 0 Å². The lowest BCUT2D eigenvalue weighted by Gasteiger charge is -2.20. The highest BCUT2D eigenvalue weighted by Crippen LogP contribution is 2.53. The summed E-state index contributed by atoms with van der Waals surface area (Å²) < 4.78 is 1.99. The molecule has 6 heteroatoms. The predicted molar refractivity (Wildman–Crippen MR) is 64.9 cm³/mol. The van der Waals surface area contributed by atoms with Gasteiger partial charge in [0.25, 0.3) is 0 Å². The maximum Gasteiger partial charge on any atom is 0.313 e. The van der Waals surface area contributed by atoms with Crippen molar-refractivity contribution >= 4 is 17.7 Å². The molecule has 0 radical (unpaired) electrons. The number of aromatic nitrogens is 3. The highest BCUT2D eigenvalue weighted by atomic mass is 32.2. The van der Waals surface area contributed by atoms with Gasteiger partial charge in [0.1, 0.15) is 6.33 Å². The van der Waals surface area contributed by atoms with Gasteiger partial charge in [-0.15, -0.1) is 10.2 Å². The van der Waals surface area contributed by atoms with Crippen LogP contribution in [0.1, 0.15) is 26.7 Å². The van der Waals surface area contributed by atoms with E-state index in [1.54, 1.807) is 6.33 Å². The van der Waals surface area contributed by atoms with Crippen molar-refractivity contribution in [1.29, 1.82) is 0 Å². The molecular formula is C11H17N3O2S. The average Bonchev–Trinajstić information content (AvgIpc) is 2.90. The molecule has 0 atom stereocenters. The van der Waals surface area contributed by atoms with E-state index in [2.05, 4.69) is 24.0 Å². The molecule has 0 saturated heterocycles. The number of carbonyl (C=O) groups is 1. The molecule has 0 amide bonds. The van der Waals surface area contributed by atoms with Crippen molar-refractivity contribution in [2.24, 2.45) is 11.3 Å². The summed E-state index contributed by atoms with van der Waals surface area (Å²) in [5.41, 5.74) is 0.376. The fraction of sp³-hybridized carbons (Fsp3) is 0.727. The van der Waals surface area contributed by atoms with Crippen molar-refractivity contribution in [3.63, 3.8) is 0 Å². The highest BCUT2D eigenvalue weighted by molar-refractivity contribution is 7.99. The molecule has 1 aliphatic rings. The van der Waals surface area contributed by atoms with Crippen molar-refractivity contribution in [2.45, 2.75) is 38.4 Å². The Kier molecular flexibility index (Phi) is 3.42. The number of rotatable bonds is 6. The van der Waals surface area contributed by atoms with Crippen LogP contribution in [-0.4, -0.2) is 31.6 Å². The number of nitrogens with zero attached hydrogens (tertiary/aromatic N) is 3. The fourth-order valence-electron chi connectivity index (χ4n) is 2.01. The Morgan fingerprint density at radius 3 is 2.88 bits per heavy atom. The summed E-state index contributed by atoms with van der Waals surface area (Å²) in [6, 6.07) is 0. The topological polar surface area (TPSA) is 68.0 Å². The Balaban J connectivity index is 2.02. The second kappa shape index (κ2) is 4.68. The van der Waals surface area contributed by atoms with Crippen LogP contribution >= 0.6 is 11.8 Å². The molecule has 0 aromatic carbocycles. The van der Waals surface area contributed by atoms with Crippen LogP contribution in [-0.2, 0) is 11.3 Å². The van der Waals surface area contributed by atoms with Crippen molar-refractivity contribution in [3.8, 4) is 0 Å². The van der Waals surface area contributed by atoms with Gasteiger partial charge in [-0.3, -0.25) is 4.79 Å². The molecule has 1 aromatic rings. The first-order valence-electron chi connectivity index (χ1n) is 5.76. The molecule has 0 bridgehead atoms. The molecule has 5 nitrogen and oxygen atoms in total. The zero-order valence-electron chi connectivity index (χ0n) is 10.1. The van der Waals surface area contributed by atoms with Gasteiger partial charge >= 0.3 is 5.97 Å². The van der Waals surface area contributed by atoms with E-state index in [4.69, 9.17) is 5.11 Å². The highest BCUT2D eigenvalue weighted by Gasteiger charge is 2.45. The van der Waals surface area contributed by atoms with Crippen molar-refractivity contribution in [3.05, 3.63) is 6.33 Å². The van der Waals surface area contributed by atoms with E-state index in [1.807, 2.05) is 4.57 Å².